The lowest BCUT2D eigenvalue weighted by atomic mass is 10.3. The minimum atomic E-state index is 0.295. The summed E-state index contributed by atoms with van der Waals surface area (Å²) in [5, 5.41) is 8.29. The molecular formula is C9H16N4OS2. The van der Waals surface area contributed by atoms with Gasteiger partial charge < -0.3 is 10.5 Å². The Balaban J connectivity index is 1.77. The minimum Gasteiger partial charge on any atom is -0.375 e. The van der Waals surface area contributed by atoms with Crippen molar-refractivity contribution in [1.29, 1.82) is 0 Å². The monoisotopic (exact) mass is 260 g/mol. The topological polar surface area (TPSA) is 64.3 Å². The van der Waals surface area contributed by atoms with Crippen LogP contribution in [0.5, 0.6) is 0 Å². The first-order valence-corrected chi connectivity index (χ1v) is 7.14. The lowest BCUT2D eigenvalue weighted by Crippen LogP contribution is -2.43. The second kappa shape index (κ2) is 5.81. The van der Waals surface area contributed by atoms with E-state index < -0.39 is 0 Å². The van der Waals surface area contributed by atoms with E-state index in [0.29, 0.717) is 11.2 Å². The Labute approximate surface area is 103 Å². The third-order valence-electron chi connectivity index (χ3n) is 2.48. The molecule has 1 aromatic rings. The molecule has 1 aliphatic heterocycles. The van der Waals surface area contributed by atoms with Crippen LogP contribution in [0.4, 0.5) is 5.13 Å². The molecule has 0 aliphatic carbocycles. The third-order valence-corrected chi connectivity index (χ3v) is 4.50. The molecule has 1 aromatic heterocycles. The van der Waals surface area contributed by atoms with Crippen LogP contribution < -0.4 is 5.73 Å². The molecule has 16 heavy (non-hydrogen) atoms. The van der Waals surface area contributed by atoms with E-state index in [1.54, 1.807) is 11.8 Å². The number of anilines is 1. The van der Waals surface area contributed by atoms with Crippen molar-refractivity contribution in [2.75, 3.05) is 37.7 Å². The van der Waals surface area contributed by atoms with Crippen molar-refractivity contribution >= 4 is 28.2 Å². The number of morpholine rings is 1. The number of nitrogens with zero attached hydrogens (tertiary/aromatic N) is 3. The summed E-state index contributed by atoms with van der Waals surface area (Å²) in [6.45, 7) is 6.16. The number of rotatable bonds is 4. The lowest BCUT2D eigenvalue weighted by molar-refractivity contribution is -0.0137. The fourth-order valence-electron chi connectivity index (χ4n) is 1.61. The zero-order valence-electron chi connectivity index (χ0n) is 9.26. The maximum Gasteiger partial charge on any atom is 0.203 e. The van der Waals surface area contributed by atoms with Gasteiger partial charge in [0.15, 0.2) is 4.34 Å². The third kappa shape index (κ3) is 3.31. The van der Waals surface area contributed by atoms with Crippen molar-refractivity contribution in [2.24, 2.45) is 0 Å². The van der Waals surface area contributed by atoms with Crippen molar-refractivity contribution in [3.05, 3.63) is 0 Å². The van der Waals surface area contributed by atoms with Gasteiger partial charge in [-0.1, -0.05) is 30.0 Å². The average Bonchev–Trinajstić information content (AvgIpc) is 2.73. The van der Waals surface area contributed by atoms with Crippen molar-refractivity contribution in [1.82, 2.24) is 15.1 Å². The van der Waals surface area contributed by atoms with E-state index in [0.717, 1.165) is 36.3 Å². The zero-order chi connectivity index (χ0) is 11.4. The highest BCUT2D eigenvalue weighted by Crippen LogP contribution is 2.25. The van der Waals surface area contributed by atoms with Crippen molar-refractivity contribution in [2.45, 2.75) is 17.4 Å². The molecule has 2 rings (SSSR count). The van der Waals surface area contributed by atoms with Crippen LogP contribution in [-0.4, -0.2) is 53.2 Å². The number of ether oxygens (including phenoxy) is 1. The van der Waals surface area contributed by atoms with Gasteiger partial charge in [-0.3, -0.25) is 4.90 Å². The summed E-state index contributed by atoms with van der Waals surface area (Å²) in [7, 11) is 0. The second-order valence-electron chi connectivity index (χ2n) is 3.60. The summed E-state index contributed by atoms with van der Waals surface area (Å²) in [5.74, 6) is 0.922. The number of likely N-dealkylation sites (N-methyl/N-ethyl adjacent to an activating group) is 1. The van der Waals surface area contributed by atoms with Gasteiger partial charge in [0, 0.05) is 18.8 Å². The summed E-state index contributed by atoms with van der Waals surface area (Å²) in [4.78, 5) is 2.41. The van der Waals surface area contributed by atoms with Crippen LogP contribution in [0.2, 0.25) is 0 Å². The number of nitrogens with two attached hydrogens (primary N) is 1. The van der Waals surface area contributed by atoms with Crippen LogP contribution in [0.3, 0.4) is 0 Å². The first-order chi connectivity index (χ1) is 7.78. The van der Waals surface area contributed by atoms with Crippen molar-refractivity contribution in [3.63, 3.8) is 0 Å². The standard InChI is InChI=1S/C9H16N4OS2/c1-2-13-3-4-14-7(5-13)6-15-9-12-11-8(10)16-9/h7H,2-6H2,1H3,(H2,10,11). The number of aromatic nitrogens is 2. The van der Waals surface area contributed by atoms with Crippen LogP contribution >= 0.6 is 23.1 Å². The van der Waals surface area contributed by atoms with Crippen LogP contribution in [-0.2, 0) is 4.74 Å². The fourth-order valence-corrected chi connectivity index (χ4v) is 3.28. The Hall–Kier alpha value is -0.370. The quantitative estimate of drug-likeness (QED) is 0.813. The number of hydrogen-bond donors (Lipinski definition) is 1. The van der Waals surface area contributed by atoms with Crippen LogP contribution in [0.15, 0.2) is 4.34 Å². The van der Waals surface area contributed by atoms with Crippen LogP contribution in [0.25, 0.3) is 0 Å². The van der Waals surface area contributed by atoms with Gasteiger partial charge in [-0.05, 0) is 6.54 Å². The highest BCUT2D eigenvalue weighted by atomic mass is 32.2. The van der Waals surface area contributed by atoms with Crippen LogP contribution in [0.1, 0.15) is 6.92 Å². The first kappa shape index (κ1) is 12.1. The average molecular weight is 260 g/mol. The fraction of sp³-hybridized carbons (Fsp3) is 0.778. The molecule has 0 bridgehead atoms. The Bertz CT molecular complexity index is 333. The van der Waals surface area contributed by atoms with E-state index in [9.17, 15) is 0 Å². The summed E-state index contributed by atoms with van der Waals surface area (Å²) >= 11 is 3.11. The molecule has 5 nitrogen and oxygen atoms in total. The van der Waals surface area contributed by atoms with E-state index >= 15 is 0 Å². The van der Waals surface area contributed by atoms with Crippen molar-refractivity contribution in [3.8, 4) is 0 Å². The normalized spacial score (nSPS) is 22.4. The number of nitrogen functional groups attached to an aromatic ring is 1. The predicted molar refractivity (Wildman–Crippen MR) is 66.9 cm³/mol. The largest absolute Gasteiger partial charge is 0.375 e. The highest BCUT2D eigenvalue weighted by Gasteiger charge is 2.19. The van der Waals surface area contributed by atoms with E-state index in [4.69, 9.17) is 10.5 Å². The van der Waals surface area contributed by atoms with E-state index in [2.05, 4.69) is 22.0 Å². The van der Waals surface area contributed by atoms with E-state index in [1.165, 1.54) is 11.3 Å². The molecule has 2 N–H and O–H groups in total. The molecule has 1 aliphatic rings. The molecule has 1 unspecified atom stereocenters. The molecule has 1 atom stereocenters. The van der Waals surface area contributed by atoms with Gasteiger partial charge in [-0.15, -0.1) is 10.2 Å². The Morgan fingerprint density at radius 3 is 3.19 bits per heavy atom. The van der Waals surface area contributed by atoms with Gasteiger partial charge in [0.25, 0.3) is 0 Å². The molecule has 0 saturated carbocycles. The molecule has 0 spiro atoms. The lowest BCUT2D eigenvalue weighted by Gasteiger charge is -2.31. The molecule has 0 aromatic carbocycles. The molecule has 1 saturated heterocycles. The molecule has 0 amide bonds. The van der Waals surface area contributed by atoms with Crippen LogP contribution in [0, 0.1) is 0 Å². The summed E-state index contributed by atoms with van der Waals surface area (Å²) < 4.78 is 6.63. The molecule has 7 heteroatoms. The molecule has 0 radical (unpaired) electrons. The zero-order valence-corrected chi connectivity index (χ0v) is 10.9. The van der Waals surface area contributed by atoms with E-state index in [-0.39, 0.29) is 0 Å². The van der Waals surface area contributed by atoms with Gasteiger partial charge in [0.05, 0.1) is 12.7 Å². The summed E-state index contributed by atoms with van der Waals surface area (Å²) in [6.07, 6.45) is 0.295. The summed E-state index contributed by atoms with van der Waals surface area (Å²) in [5.41, 5.74) is 5.52. The first-order valence-electron chi connectivity index (χ1n) is 5.33. The SMILES string of the molecule is CCN1CCOC(CSc2nnc(N)s2)C1. The minimum absolute atomic E-state index is 0.295. The van der Waals surface area contributed by atoms with Gasteiger partial charge >= 0.3 is 0 Å². The maximum atomic E-state index is 5.70. The Kier molecular flexibility index (Phi) is 4.39. The smallest absolute Gasteiger partial charge is 0.203 e. The van der Waals surface area contributed by atoms with Gasteiger partial charge in [0.1, 0.15) is 0 Å². The van der Waals surface area contributed by atoms with Crippen molar-refractivity contribution < 1.29 is 4.74 Å². The number of thioether (sulfide) groups is 1. The molecule has 90 valence electrons. The molecular weight excluding hydrogens is 244 g/mol. The Morgan fingerprint density at radius 2 is 2.50 bits per heavy atom. The van der Waals surface area contributed by atoms with E-state index in [1.807, 2.05) is 0 Å². The van der Waals surface area contributed by atoms with Gasteiger partial charge in [0.2, 0.25) is 5.13 Å². The number of hydrogen-bond acceptors (Lipinski definition) is 7. The predicted octanol–water partition coefficient (Wildman–Crippen LogP) is 0.933. The second-order valence-corrected chi connectivity index (χ2v) is 5.88. The van der Waals surface area contributed by atoms with Gasteiger partial charge in [-0.25, -0.2) is 0 Å². The Morgan fingerprint density at radius 1 is 1.62 bits per heavy atom. The molecule has 1 fully saturated rings. The van der Waals surface area contributed by atoms with Gasteiger partial charge in [-0.2, -0.15) is 0 Å². The molecule has 2 heterocycles. The highest BCUT2D eigenvalue weighted by molar-refractivity contribution is 8.01. The summed E-state index contributed by atoms with van der Waals surface area (Å²) in [6, 6.07) is 0. The maximum absolute atomic E-state index is 5.70.